The van der Waals surface area contributed by atoms with Crippen LogP contribution in [0.5, 0.6) is 0 Å². The topological polar surface area (TPSA) is 51.2 Å². The maximum Gasteiger partial charge on any atom is 0.188 e. The van der Waals surface area contributed by atoms with Crippen LogP contribution >= 0.6 is 0 Å². The van der Waals surface area contributed by atoms with Gasteiger partial charge >= 0.3 is 0 Å². The minimum absolute atomic E-state index is 0.214. The van der Waals surface area contributed by atoms with Gasteiger partial charge in [-0.05, 0) is 74.3 Å². The van der Waals surface area contributed by atoms with Crippen molar-refractivity contribution in [3.05, 3.63) is 53.8 Å². The maximum atomic E-state index is 7.62. The molecule has 2 aromatic heterocycles. The van der Waals surface area contributed by atoms with Crippen molar-refractivity contribution in [1.29, 1.82) is 0 Å². The average molecular weight is 413 g/mol. The van der Waals surface area contributed by atoms with E-state index in [1.165, 1.54) is 44.2 Å². The molecule has 3 aliphatic carbocycles. The summed E-state index contributed by atoms with van der Waals surface area (Å²) in [6, 6.07) is 7.97. The molecule has 3 fully saturated rings. The summed E-state index contributed by atoms with van der Waals surface area (Å²) in [6.45, 7) is 7.62. The summed E-state index contributed by atoms with van der Waals surface area (Å²) in [5, 5.41) is 4.66. The van der Waals surface area contributed by atoms with Crippen LogP contribution in [-0.4, -0.2) is 33.8 Å². The van der Waals surface area contributed by atoms with Gasteiger partial charge in [0.25, 0.3) is 0 Å². The number of anilines is 1. The van der Waals surface area contributed by atoms with Crippen LogP contribution in [0.4, 0.5) is 11.4 Å². The highest BCUT2D eigenvalue weighted by Crippen LogP contribution is 2.51. The molecule has 6 heteroatoms. The molecule has 0 unspecified atom stereocenters. The first kappa shape index (κ1) is 19.7. The monoisotopic (exact) mass is 412 g/mol. The van der Waals surface area contributed by atoms with Crippen molar-refractivity contribution in [3.8, 4) is 22.6 Å². The van der Waals surface area contributed by atoms with Crippen LogP contribution in [0.15, 0.2) is 36.7 Å². The molecule has 1 aromatic carbocycles. The van der Waals surface area contributed by atoms with Crippen molar-refractivity contribution in [1.82, 2.24) is 19.7 Å². The first-order chi connectivity index (χ1) is 15.0. The molecule has 3 aliphatic rings. The Bertz CT molecular complexity index is 1150. The van der Waals surface area contributed by atoms with Gasteiger partial charge in [-0.25, -0.2) is 14.8 Å². The van der Waals surface area contributed by atoms with Gasteiger partial charge < -0.3 is 4.90 Å². The highest BCUT2D eigenvalue weighted by molar-refractivity contribution is 5.81. The molecule has 3 aromatic rings. The SMILES string of the molecule is [C-]#[N+]c1cc(-c2nccc(C34CCC(CC3)CC4)n2)cc(-c2nn(C)cc2N(C)C)c1. The second kappa shape index (κ2) is 7.49. The lowest BCUT2D eigenvalue weighted by atomic mass is 9.59. The van der Waals surface area contributed by atoms with E-state index in [1.54, 1.807) is 0 Å². The summed E-state index contributed by atoms with van der Waals surface area (Å²) in [7, 11) is 5.93. The predicted molar refractivity (Wildman–Crippen MR) is 123 cm³/mol. The number of hydrogen-bond acceptors (Lipinski definition) is 4. The third-order valence-corrected chi connectivity index (χ3v) is 7.16. The Balaban J connectivity index is 1.59. The fourth-order valence-corrected chi connectivity index (χ4v) is 5.38. The molecule has 2 bridgehead atoms. The molecule has 0 radical (unpaired) electrons. The molecule has 6 rings (SSSR count). The summed E-state index contributed by atoms with van der Waals surface area (Å²) in [5.74, 6) is 1.62. The molecular formula is C25H28N6. The molecule has 0 amide bonds. The number of benzene rings is 1. The largest absolute Gasteiger partial charge is 0.375 e. The molecular weight excluding hydrogens is 384 g/mol. The summed E-state index contributed by atoms with van der Waals surface area (Å²) < 4.78 is 1.81. The van der Waals surface area contributed by atoms with E-state index < -0.39 is 0 Å². The predicted octanol–water partition coefficient (Wildman–Crippen LogP) is 5.38. The third-order valence-electron chi connectivity index (χ3n) is 7.16. The molecule has 0 spiro atoms. The quantitative estimate of drug-likeness (QED) is 0.540. The average Bonchev–Trinajstić information content (AvgIpc) is 3.22. The van der Waals surface area contributed by atoms with Crippen LogP contribution < -0.4 is 4.90 Å². The second-order valence-corrected chi connectivity index (χ2v) is 9.34. The van der Waals surface area contributed by atoms with Crippen LogP contribution in [0, 0.1) is 12.5 Å². The Morgan fingerprint density at radius 3 is 2.48 bits per heavy atom. The Kier molecular flexibility index (Phi) is 4.77. The van der Waals surface area contributed by atoms with E-state index >= 15 is 0 Å². The smallest absolute Gasteiger partial charge is 0.188 e. The van der Waals surface area contributed by atoms with Gasteiger partial charge in [0.1, 0.15) is 5.69 Å². The van der Waals surface area contributed by atoms with E-state index in [0.717, 1.165) is 28.4 Å². The minimum atomic E-state index is 0.214. The molecule has 0 atom stereocenters. The van der Waals surface area contributed by atoms with E-state index in [-0.39, 0.29) is 5.41 Å². The van der Waals surface area contributed by atoms with Crippen LogP contribution in [-0.2, 0) is 12.5 Å². The van der Waals surface area contributed by atoms with Gasteiger partial charge in [-0.1, -0.05) is 0 Å². The Hall–Kier alpha value is -3.20. The van der Waals surface area contributed by atoms with E-state index in [2.05, 4.69) is 27.1 Å². The molecule has 0 aliphatic heterocycles. The number of hydrogen-bond donors (Lipinski definition) is 0. The van der Waals surface area contributed by atoms with Gasteiger partial charge in [0.05, 0.1) is 18.0 Å². The third kappa shape index (κ3) is 3.48. The standard InChI is InChI=1S/C25H28N6/c1-26-20-14-18(23-21(30(2)3)16-31(4)29-23)13-19(15-20)24-27-12-8-22(28-24)25-9-5-17(6-10-25)7-11-25/h8,12-17H,5-7,9-11H2,2-4H3. The molecule has 2 heterocycles. The van der Waals surface area contributed by atoms with Crippen molar-refractivity contribution in [2.24, 2.45) is 13.0 Å². The first-order valence-corrected chi connectivity index (χ1v) is 11.1. The second-order valence-electron chi connectivity index (χ2n) is 9.34. The first-order valence-electron chi connectivity index (χ1n) is 11.1. The lowest BCUT2D eigenvalue weighted by Crippen LogP contribution is -2.38. The highest BCUT2D eigenvalue weighted by Gasteiger charge is 2.42. The molecule has 3 saturated carbocycles. The lowest BCUT2D eigenvalue weighted by Gasteiger charge is -2.46. The number of aromatic nitrogens is 4. The van der Waals surface area contributed by atoms with Gasteiger partial charge in [-0.3, -0.25) is 4.68 Å². The Morgan fingerprint density at radius 1 is 1.10 bits per heavy atom. The van der Waals surface area contributed by atoms with Gasteiger partial charge in [-0.15, -0.1) is 0 Å². The highest BCUT2D eigenvalue weighted by atomic mass is 15.3. The van der Waals surface area contributed by atoms with E-state index in [0.29, 0.717) is 11.5 Å². The van der Waals surface area contributed by atoms with Crippen molar-refractivity contribution < 1.29 is 0 Å². The summed E-state index contributed by atoms with van der Waals surface area (Å²) in [5.41, 5.74) is 5.64. The van der Waals surface area contributed by atoms with Gasteiger partial charge in [0.15, 0.2) is 11.5 Å². The molecule has 6 nitrogen and oxygen atoms in total. The van der Waals surface area contributed by atoms with E-state index in [1.807, 2.05) is 55.3 Å². The zero-order chi connectivity index (χ0) is 21.6. The molecule has 158 valence electrons. The van der Waals surface area contributed by atoms with Crippen molar-refractivity contribution in [3.63, 3.8) is 0 Å². The van der Waals surface area contributed by atoms with Gasteiger partial charge in [-0.2, -0.15) is 5.10 Å². The normalized spacial score (nSPS) is 22.3. The number of aryl methyl sites for hydroxylation is 1. The van der Waals surface area contributed by atoms with Crippen LogP contribution in [0.3, 0.4) is 0 Å². The van der Waals surface area contributed by atoms with E-state index in [4.69, 9.17) is 11.6 Å². The van der Waals surface area contributed by atoms with Gasteiger partial charge in [0, 0.05) is 44.5 Å². The summed E-state index contributed by atoms with van der Waals surface area (Å²) >= 11 is 0. The molecule has 0 saturated heterocycles. The number of fused-ring (bicyclic) bond motifs is 3. The minimum Gasteiger partial charge on any atom is -0.375 e. The van der Waals surface area contributed by atoms with Crippen LogP contribution in [0.1, 0.15) is 44.2 Å². The fraction of sp³-hybridized carbons (Fsp3) is 0.440. The maximum absolute atomic E-state index is 7.62. The lowest BCUT2D eigenvalue weighted by molar-refractivity contribution is 0.132. The van der Waals surface area contributed by atoms with Crippen molar-refractivity contribution in [2.45, 2.75) is 43.9 Å². The fourth-order valence-electron chi connectivity index (χ4n) is 5.38. The molecule has 0 N–H and O–H groups in total. The number of nitrogens with zero attached hydrogens (tertiary/aromatic N) is 6. The Labute approximate surface area is 183 Å². The zero-order valence-electron chi connectivity index (χ0n) is 18.5. The number of rotatable bonds is 4. The summed E-state index contributed by atoms with van der Waals surface area (Å²) in [4.78, 5) is 15.4. The Morgan fingerprint density at radius 2 is 1.81 bits per heavy atom. The zero-order valence-corrected chi connectivity index (χ0v) is 18.5. The van der Waals surface area contributed by atoms with E-state index in [9.17, 15) is 0 Å². The van der Waals surface area contributed by atoms with Crippen molar-refractivity contribution in [2.75, 3.05) is 19.0 Å². The van der Waals surface area contributed by atoms with Gasteiger partial charge in [0.2, 0.25) is 0 Å². The van der Waals surface area contributed by atoms with Crippen molar-refractivity contribution >= 4 is 11.4 Å². The summed E-state index contributed by atoms with van der Waals surface area (Å²) in [6.07, 6.45) is 11.6. The molecule has 31 heavy (non-hydrogen) atoms. The van der Waals surface area contributed by atoms with Crippen LogP contribution in [0.2, 0.25) is 0 Å². The van der Waals surface area contributed by atoms with Crippen LogP contribution in [0.25, 0.3) is 27.5 Å².